The molecule has 18 heavy (non-hydrogen) atoms. The summed E-state index contributed by atoms with van der Waals surface area (Å²) < 4.78 is 9.96. The summed E-state index contributed by atoms with van der Waals surface area (Å²) in [6.45, 7) is 0. The normalized spacial score (nSPS) is 15.7. The van der Waals surface area contributed by atoms with E-state index in [2.05, 4.69) is 4.74 Å². The first-order valence-corrected chi connectivity index (χ1v) is 6.13. The van der Waals surface area contributed by atoms with Gasteiger partial charge in [-0.1, -0.05) is 12.1 Å². The SMILES string of the molecule is COC(=O)C(O)c1ccc2c(c1OC)CCCC2. The molecule has 1 aliphatic rings. The van der Waals surface area contributed by atoms with Crippen molar-refractivity contribution in [1.82, 2.24) is 0 Å². The fourth-order valence-corrected chi connectivity index (χ4v) is 2.51. The summed E-state index contributed by atoms with van der Waals surface area (Å²) in [7, 11) is 2.83. The van der Waals surface area contributed by atoms with Gasteiger partial charge >= 0.3 is 5.97 Å². The predicted octanol–water partition coefficient (Wildman–Crippen LogP) is 1.78. The first-order chi connectivity index (χ1) is 8.69. The molecule has 0 amide bonds. The van der Waals surface area contributed by atoms with Crippen LogP contribution in [0.15, 0.2) is 12.1 Å². The summed E-state index contributed by atoms with van der Waals surface area (Å²) in [6, 6.07) is 3.73. The molecule has 1 N–H and O–H groups in total. The number of carbonyl (C=O) groups excluding carboxylic acids is 1. The van der Waals surface area contributed by atoms with Crippen molar-refractivity contribution in [3.8, 4) is 5.75 Å². The van der Waals surface area contributed by atoms with Gasteiger partial charge in [0.05, 0.1) is 14.2 Å². The van der Waals surface area contributed by atoms with Gasteiger partial charge in [-0.2, -0.15) is 0 Å². The molecule has 0 bridgehead atoms. The van der Waals surface area contributed by atoms with E-state index in [1.54, 1.807) is 13.2 Å². The largest absolute Gasteiger partial charge is 0.496 e. The van der Waals surface area contributed by atoms with Crippen LogP contribution < -0.4 is 4.74 Å². The lowest BCUT2D eigenvalue weighted by Crippen LogP contribution is -2.16. The van der Waals surface area contributed by atoms with E-state index in [4.69, 9.17) is 4.74 Å². The Labute approximate surface area is 107 Å². The standard InChI is InChI=1S/C14H18O4/c1-17-13-10-6-4-3-5-9(10)7-8-11(13)12(15)14(16)18-2/h7-8,12,15H,3-6H2,1-2H3. The molecule has 0 radical (unpaired) electrons. The molecule has 98 valence electrons. The Balaban J connectivity index is 2.45. The fourth-order valence-electron chi connectivity index (χ4n) is 2.51. The minimum atomic E-state index is -1.28. The van der Waals surface area contributed by atoms with Crippen LogP contribution in [0.1, 0.15) is 35.6 Å². The van der Waals surface area contributed by atoms with Gasteiger partial charge in [-0.3, -0.25) is 0 Å². The molecule has 0 heterocycles. The van der Waals surface area contributed by atoms with Gasteiger partial charge < -0.3 is 14.6 Å². The second-order valence-corrected chi connectivity index (χ2v) is 4.46. The van der Waals surface area contributed by atoms with E-state index in [0.717, 1.165) is 24.8 Å². The van der Waals surface area contributed by atoms with Crippen molar-refractivity contribution in [2.45, 2.75) is 31.8 Å². The van der Waals surface area contributed by atoms with E-state index in [0.29, 0.717) is 11.3 Å². The maximum absolute atomic E-state index is 11.4. The smallest absolute Gasteiger partial charge is 0.339 e. The molecule has 1 atom stereocenters. The Morgan fingerprint density at radius 2 is 2.00 bits per heavy atom. The van der Waals surface area contributed by atoms with Gasteiger partial charge in [0.2, 0.25) is 0 Å². The summed E-state index contributed by atoms with van der Waals surface area (Å²) in [4.78, 5) is 11.4. The number of hydrogen-bond acceptors (Lipinski definition) is 4. The molecule has 1 aliphatic carbocycles. The number of rotatable bonds is 3. The second kappa shape index (κ2) is 5.40. The Morgan fingerprint density at radius 3 is 2.67 bits per heavy atom. The lowest BCUT2D eigenvalue weighted by atomic mass is 9.88. The number of aryl methyl sites for hydroxylation is 1. The quantitative estimate of drug-likeness (QED) is 0.831. The summed E-state index contributed by atoms with van der Waals surface area (Å²) in [5.74, 6) is -0.0332. The van der Waals surface area contributed by atoms with Crippen molar-refractivity contribution in [2.75, 3.05) is 14.2 Å². The fraction of sp³-hybridized carbons (Fsp3) is 0.500. The van der Waals surface area contributed by atoms with Gasteiger partial charge in [0.1, 0.15) is 5.75 Å². The maximum Gasteiger partial charge on any atom is 0.339 e. The lowest BCUT2D eigenvalue weighted by Gasteiger charge is -2.22. The molecular formula is C14H18O4. The monoisotopic (exact) mass is 250 g/mol. The molecule has 4 heteroatoms. The topological polar surface area (TPSA) is 55.8 Å². The van der Waals surface area contributed by atoms with Gasteiger partial charge in [-0.15, -0.1) is 0 Å². The molecule has 0 aliphatic heterocycles. The zero-order valence-corrected chi connectivity index (χ0v) is 10.7. The molecule has 4 nitrogen and oxygen atoms in total. The van der Waals surface area contributed by atoms with Crippen LogP contribution in [0.2, 0.25) is 0 Å². The van der Waals surface area contributed by atoms with E-state index >= 15 is 0 Å². The van der Waals surface area contributed by atoms with Crippen molar-refractivity contribution in [3.05, 3.63) is 28.8 Å². The van der Waals surface area contributed by atoms with E-state index in [9.17, 15) is 9.90 Å². The van der Waals surface area contributed by atoms with Gasteiger partial charge in [0.25, 0.3) is 0 Å². The molecule has 0 aromatic heterocycles. The van der Waals surface area contributed by atoms with Crippen molar-refractivity contribution in [1.29, 1.82) is 0 Å². The predicted molar refractivity (Wildman–Crippen MR) is 66.6 cm³/mol. The van der Waals surface area contributed by atoms with Crippen molar-refractivity contribution in [3.63, 3.8) is 0 Å². The number of fused-ring (bicyclic) bond motifs is 1. The zero-order valence-electron chi connectivity index (χ0n) is 10.7. The van der Waals surface area contributed by atoms with Gasteiger partial charge in [-0.25, -0.2) is 4.79 Å². The highest BCUT2D eigenvalue weighted by Crippen LogP contribution is 2.36. The Kier molecular flexibility index (Phi) is 3.87. The Hall–Kier alpha value is -1.55. The Morgan fingerprint density at radius 1 is 1.28 bits per heavy atom. The lowest BCUT2D eigenvalue weighted by molar-refractivity contribution is -0.150. The van der Waals surface area contributed by atoms with E-state index in [1.165, 1.54) is 19.1 Å². The molecule has 0 spiro atoms. The first kappa shape index (κ1) is 12.9. The van der Waals surface area contributed by atoms with E-state index < -0.39 is 12.1 Å². The molecule has 0 fully saturated rings. The number of methoxy groups -OCH3 is 2. The van der Waals surface area contributed by atoms with Crippen LogP contribution in [0.4, 0.5) is 0 Å². The highest BCUT2D eigenvalue weighted by molar-refractivity contribution is 5.77. The van der Waals surface area contributed by atoms with Crippen LogP contribution in [-0.4, -0.2) is 25.3 Å². The third-order valence-corrected chi connectivity index (χ3v) is 3.43. The number of hydrogen-bond donors (Lipinski definition) is 1. The van der Waals surface area contributed by atoms with Crippen LogP contribution in [0, 0.1) is 0 Å². The average Bonchev–Trinajstić information content (AvgIpc) is 2.44. The number of aliphatic hydroxyl groups is 1. The number of ether oxygens (including phenoxy) is 2. The zero-order chi connectivity index (χ0) is 13.1. The maximum atomic E-state index is 11.4. The third kappa shape index (κ3) is 2.20. The van der Waals surface area contributed by atoms with Gasteiger partial charge in [0, 0.05) is 5.56 Å². The first-order valence-electron chi connectivity index (χ1n) is 6.13. The molecule has 1 unspecified atom stereocenters. The van der Waals surface area contributed by atoms with Crippen LogP contribution in [0.3, 0.4) is 0 Å². The molecule has 2 rings (SSSR count). The van der Waals surface area contributed by atoms with Crippen molar-refractivity contribution >= 4 is 5.97 Å². The van der Waals surface area contributed by atoms with Crippen molar-refractivity contribution in [2.24, 2.45) is 0 Å². The Bertz CT molecular complexity index is 453. The molecular weight excluding hydrogens is 232 g/mol. The van der Waals surface area contributed by atoms with Crippen LogP contribution in [0.5, 0.6) is 5.75 Å². The summed E-state index contributed by atoms with van der Waals surface area (Å²) in [5, 5.41) is 9.95. The van der Waals surface area contributed by atoms with Gasteiger partial charge in [-0.05, 0) is 36.8 Å². The van der Waals surface area contributed by atoms with E-state index in [1.807, 2.05) is 6.07 Å². The molecule has 1 aromatic carbocycles. The minimum Gasteiger partial charge on any atom is -0.496 e. The molecule has 1 aromatic rings. The average molecular weight is 250 g/mol. The van der Waals surface area contributed by atoms with Gasteiger partial charge in [0.15, 0.2) is 6.10 Å². The third-order valence-electron chi connectivity index (χ3n) is 3.43. The van der Waals surface area contributed by atoms with E-state index in [-0.39, 0.29) is 0 Å². The highest BCUT2D eigenvalue weighted by atomic mass is 16.5. The molecule has 0 saturated carbocycles. The number of carbonyl (C=O) groups is 1. The van der Waals surface area contributed by atoms with Crippen LogP contribution in [-0.2, 0) is 22.4 Å². The summed E-state index contributed by atoms with van der Waals surface area (Å²) in [6.07, 6.45) is 2.97. The molecule has 0 saturated heterocycles. The number of benzene rings is 1. The highest BCUT2D eigenvalue weighted by Gasteiger charge is 2.25. The van der Waals surface area contributed by atoms with Crippen molar-refractivity contribution < 1.29 is 19.4 Å². The summed E-state index contributed by atoms with van der Waals surface area (Å²) in [5.41, 5.74) is 2.85. The second-order valence-electron chi connectivity index (χ2n) is 4.46. The van der Waals surface area contributed by atoms with Crippen LogP contribution in [0.25, 0.3) is 0 Å². The minimum absolute atomic E-state index is 0.491. The number of aliphatic hydroxyl groups excluding tert-OH is 1. The number of esters is 1. The summed E-state index contributed by atoms with van der Waals surface area (Å²) >= 11 is 0. The van der Waals surface area contributed by atoms with Crippen LogP contribution >= 0.6 is 0 Å².